The van der Waals surface area contributed by atoms with Gasteiger partial charge in [0.25, 0.3) is 0 Å². The number of hydrogen-bond acceptors (Lipinski definition) is 2. The van der Waals surface area contributed by atoms with Gasteiger partial charge >= 0.3 is 0 Å². The molecule has 0 saturated heterocycles. The van der Waals surface area contributed by atoms with Gasteiger partial charge in [-0.1, -0.05) is 23.7 Å². The third-order valence-electron chi connectivity index (χ3n) is 2.49. The van der Waals surface area contributed by atoms with Gasteiger partial charge in [0.15, 0.2) is 0 Å². The number of nitrogens with zero attached hydrogens (tertiary/aromatic N) is 1. The molecule has 0 saturated carbocycles. The maximum Gasteiger partial charge on any atom is 0.123 e. The van der Waals surface area contributed by atoms with Crippen LogP contribution in [0.4, 0.5) is 5.82 Å². The first-order valence-electron chi connectivity index (χ1n) is 5.10. The van der Waals surface area contributed by atoms with Crippen LogP contribution in [-0.4, -0.2) is 4.98 Å². The second kappa shape index (κ2) is 4.54. The molecule has 0 fully saturated rings. The number of anilines is 1. The number of rotatable bonds is 2. The molecule has 0 aliphatic heterocycles. The fourth-order valence-electron chi connectivity index (χ4n) is 1.59. The fraction of sp³-hybridized carbons (Fsp3) is 0.154. The molecule has 16 heavy (non-hydrogen) atoms. The maximum absolute atomic E-state index is 6.07. The van der Waals surface area contributed by atoms with Gasteiger partial charge in [-0.05, 0) is 48.2 Å². The molecule has 1 aromatic heterocycles. The zero-order valence-corrected chi connectivity index (χ0v) is 9.83. The molecule has 0 spiro atoms. The highest BCUT2D eigenvalue weighted by molar-refractivity contribution is 6.31. The molecule has 3 heteroatoms. The van der Waals surface area contributed by atoms with Gasteiger partial charge in [-0.25, -0.2) is 4.98 Å². The van der Waals surface area contributed by atoms with Gasteiger partial charge in [-0.3, -0.25) is 0 Å². The molecule has 1 heterocycles. The van der Waals surface area contributed by atoms with Crippen LogP contribution in [0.1, 0.15) is 16.7 Å². The van der Waals surface area contributed by atoms with Crippen LogP contribution in [0.3, 0.4) is 0 Å². The third-order valence-corrected chi connectivity index (χ3v) is 2.90. The number of pyridine rings is 1. The van der Waals surface area contributed by atoms with E-state index >= 15 is 0 Å². The van der Waals surface area contributed by atoms with Crippen molar-refractivity contribution in [2.45, 2.75) is 13.3 Å². The zero-order valence-electron chi connectivity index (χ0n) is 9.07. The van der Waals surface area contributed by atoms with Gasteiger partial charge in [0.2, 0.25) is 0 Å². The molecule has 0 radical (unpaired) electrons. The van der Waals surface area contributed by atoms with Gasteiger partial charge in [0.05, 0.1) is 0 Å². The molecule has 0 aliphatic rings. The second-order valence-corrected chi connectivity index (χ2v) is 4.26. The van der Waals surface area contributed by atoms with E-state index in [1.54, 1.807) is 6.20 Å². The molecule has 0 amide bonds. The molecular formula is C13H13ClN2. The van der Waals surface area contributed by atoms with E-state index < -0.39 is 0 Å². The lowest BCUT2D eigenvalue weighted by Gasteiger charge is -2.04. The third kappa shape index (κ3) is 2.52. The Hall–Kier alpha value is -1.54. The van der Waals surface area contributed by atoms with E-state index in [2.05, 4.69) is 11.1 Å². The Morgan fingerprint density at radius 1 is 1.19 bits per heavy atom. The first-order chi connectivity index (χ1) is 7.65. The van der Waals surface area contributed by atoms with E-state index in [0.29, 0.717) is 5.82 Å². The van der Waals surface area contributed by atoms with Crippen LogP contribution in [0.25, 0.3) is 0 Å². The smallest absolute Gasteiger partial charge is 0.123 e. The Kier molecular flexibility index (Phi) is 3.11. The molecule has 0 aliphatic carbocycles. The molecule has 0 atom stereocenters. The van der Waals surface area contributed by atoms with Crippen molar-refractivity contribution in [2.24, 2.45) is 0 Å². The van der Waals surface area contributed by atoms with Crippen LogP contribution in [0.2, 0.25) is 5.02 Å². The number of halogens is 1. The molecule has 2 nitrogen and oxygen atoms in total. The lowest BCUT2D eigenvalue weighted by atomic mass is 10.0. The van der Waals surface area contributed by atoms with Crippen LogP contribution in [-0.2, 0) is 6.42 Å². The highest BCUT2D eigenvalue weighted by Crippen LogP contribution is 2.19. The summed E-state index contributed by atoms with van der Waals surface area (Å²) in [5.41, 5.74) is 9.05. The van der Waals surface area contributed by atoms with Crippen molar-refractivity contribution in [3.63, 3.8) is 0 Å². The van der Waals surface area contributed by atoms with Gasteiger partial charge in [0, 0.05) is 11.2 Å². The monoisotopic (exact) mass is 232 g/mol. The Balaban J connectivity index is 2.24. The van der Waals surface area contributed by atoms with Crippen molar-refractivity contribution in [3.05, 3.63) is 58.2 Å². The highest BCUT2D eigenvalue weighted by Gasteiger charge is 2.00. The van der Waals surface area contributed by atoms with E-state index in [-0.39, 0.29) is 0 Å². The maximum atomic E-state index is 6.07. The molecule has 82 valence electrons. The van der Waals surface area contributed by atoms with Crippen molar-refractivity contribution in [3.8, 4) is 0 Å². The summed E-state index contributed by atoms with van der Waals surface area (Å²) in [5, 5.41) is 0.805. The van der Waals surface area contributed by atoms with E-state index in [9.17, 15) is 0 Å². The van der Waals surface area contributed by atoms with Crippen LogP contribution in [0.15, 0.2) is 36.5 Å². The van der Waals surface area contributed by atoms with Gasteiger partial charge in [-0.15, -0.1) is 0 Å². The van der Waals surface area contributed by atoms with Crippen molar-refractivity contribution < 1.29 is 0 Å². The average molecular weight is 233 g/mol. The molecule has 2 aromatic rings. The number of nitrogen functional groups attached to an aromatic ring is 1. The van der Waals surface area contributed by atoms with E-state index in [1.807, 2.05) is 31.2 Å². The van der Waals surface area contributed by atoms with Crippen LogP contribution in [0, 0.1) is 6.92 Å². The highest BCUT2D eigenvalue weighted by atomic mass is 35.5. The summed E-state index contributed by atoms with van der Waals surface area (Å²) in [5.74, 6) is 0.552. The number of hydrogen-bond donors (Lipinski definition) is 1. The topological polar surface area (TPSA) is 38.9 Å². The normalized spacial score (nSPS) is 10.4. The lowest BCUT2D eigenvalue weighted by Crippen LogP contribution is -1.93. The zero-order chi connectivity index (χ0) is 11.5. The van der Waals surface area contributed by atoms with E-state index in [0.717, 1.165) is 22.6 Å². The summed E-state index contributed by atoms with van der Waals surface area (Å²) in [6, 6.07) is 9.95. The predicted molar refractivity (Wildman–Crippen MR) is 67.6 cm³/mol. The Labute approximate surface area is 100 Å². The summed E-state index contributed by atoms with van der Waals surface area (Å²) in [4.78, 5) is 3.96. The van der Waals surface area contributed by atoms with Crippen molar-refractivity contribution in [1.82, 2.24) is 4.98 Å². The van der Waals surface area contributed by atoms with Crippen molar-refractivity contribution in [1.29, 1.82) is 0 Å². The fourth-order valence-corrected chi connectivity index (χ4v) is 1.79. The molecule has 0 unspecified atom stereocenters. The first-order valence-corrected chi connectivity index (χ1v) is 5.48. The Morgan fingerprint density at radius 2 is 1.94 bits per heavy atom. The number of nitrogens with two attached hydrogens (primary N) is 1. The number of benzene rings is 1. The van der Waals surface area contributed by atoms with Crippen LogP contribution in [0.5, 0.6) is 0 Å². The minimum absolute atomic E-state index is 0.552. The largest absolute Gasteiger partial charge is 0.384 e. The quantitative estimate of drug-likeness (QED) is 0.864. The SMILES string of the molecule is Cc1ccc(Cc2ccnc(N)c2)cc1Cl. The molecular weight excluding hydrogens is 220 g/mol. The average Bonchev–Trinajstić information content (AvgIpc) is 2.24. The second-order valence-electron chi connectivity index (χ2n) is 3.85. The van der Waals surface area contributed by atoms with Crippen molar-refractivity contribution >= 4 is 17.4 Å². The van der Waals surface area contributed by atoms with Gasteiger partial charge in [-0.2, -0.15) is 0 Å². The minimum atomic E-state index is 0.552. The molecule has 1 aromatic carbocycles. The van der Waals surface area contributed by atoms with Crippen LogP contribution >= 0.6 is 11.6 Å². The van der Waals surface area contributed by atoms with Gasteiger partial charge in [0.1, 0.15) is 5.82 Å². The number of aryl methyl sites for hydroxylation is 1. The predicted octanol–water partition coefficient (Wildman–Crippen LogP) is 3.22. The number of aromatic nitrogens is 1. The first kappa shape index (κ1) is 11.0. The standard InChI is InChI=1S/C13H13ClN2/c1-9-2-3-10(7-12(9)14)6-11-4-5-16-13(15)8-11/h2-5,7-8H,6H2,1H3,(H2,15,16). The minimum Gasteiger partial charge on any atom is -0.384 e. The van der Waals surface area contributed by atoms with Crippen molar-refractivity contribution in [2.75, 3.05) is 5.73 Å². The molecule has 0 bridgehead atoms. The lowest BCUT2D eigenvalue weighted by molar-refractivity contribution is 1.16. The molecule has 2 N–H and O–H groups in total. The summed E-state index contributed by atoms with van der Waals surface area (Å²) in [6.45, 7) is 2.00. The Morgan fingerprint density at radius 3 is 2.62 bits per heavy atom. The van der Waals surface area contributed by atoms with Gasteiger partial charge < -0.3 is 5.73 Å². The summed E-state index contributed by atoms with van der Waals surface area (Å²) in [7, 11) is 0. The Bertz CT molecular complexity index is 509. The van der Waals surface area contributed by atoms with E-state index in [4.69, 9.17) is 17.3 Å². The summed E-state index contributed by atoms with van der Waals surface area (Å²) in [6.07, 6.45) is 2.55. The van der Waals surface area contributed by atoms with E-state index in [1.165, 1.54) is 5.56 Å². The molecule has 2 rings (SSSR count). The summed E-state index contributed by atoms with van der Waals surface area (Å²) >= 11 is 6.07. The summed E-state index contributed by atoms with van der Waals surface area (Å²) < 4.78 is 0. The van der Waals surface area contributed by atoms with Crippen LogP contribution < -0.4 is 5.73 Å².